The smallest absolute Gasteiger partial charge is 0.138 e. The fourth-order valence-corrected chi connectivity index (χ4v) is 22.8. The maximum atomic E-state index is 5.78. The van der Waals surface area contributed by atoms with Gasteiger partial charge < -0.3 is 17.7 Å². The zero-order valence-electron chi connectivity index (χ0n) is 84.3. The van der Waals surface area contributed by atoms with E-state index in [2.05, 4.69) is 475 Å². The van der Waals surface area contributed by atoms with Crippen LogP contribution in [0.5, 0.6) is 0 Å². The number of furan rings is 4. The minimum atomic E-state index is 0.966. The summed E-state index contributed by atoms with van der Waals surface area (Å²) in [5.41, 5.74) is 34.4. The minimum Gasteiger partial charge on any atom is -0.456 e. The second-order valence-corrected chi connectivity index (χ2v) is 41.0. The largest absolute Gasteiger partial charge is 0.456 e. The van der Waals surface area contributed by atoms with Crippen LogP contribution in [0.4, 0.5) is 0 Å². The molecule has 0 unspecified atom stereocenters. The minimum absolute atomic E-state index is 0.966. The van der Waals surface area contributed by atoms with Gasteiger partial charge in [0.25, 0.3) is 0 Å². The Morgan fingerprint density at radius 1 is 0.142 bits per heavy atom. The molecule has 4 nitrogen and oxygen atoms in total. The van der Waals surface area contributed by atoms with Gasteiger partial charge in [0.05, 0.1) is 0 Å². The van der Waals surface area contributed by atoms with Crippen molar-refractivity contribution in [3.63, 3.8) is 0 Å². The maximum Gasteiger partial charge on any atom is 0.138 e. The highest BCUT2D eigenvalue weighted by Crippen LogP contribution is 2.43. The number of para-hydroxylation sites is 6. The second kappa shape index (κ2) is 44.5. The molecule has 22 aromatic carbocycles. The topological polar surface area (TPSA) is 52.6 Å². The highest BCUT2D eigenvalue weighted by Gasteiger charge is 2.17. The average molecular weight is 1960 g/mol. The van der Waals surface area contributed by atoms with E-state index in [1.807, 2.05) is 125 Å². The lowest BCUT2D eigenvalue weighted by Gasteiger charge is -2.13. The van der Waals surface area contributed by atoms with E-state index in [0.717, 1.165) is 44.7 Å². The number of aryl methyl sites for hydroxylation is 9. The van der Waals surface area contributed by atoms with Crippen molar-refractivity contribution in [3.8, 4) is 66.8 Å². The van der Waals surface area contributed by atoms with E-state index >= 15 is 0 Å². The first-order valence-corrected chi connectivity index (χ1v) is 52.8. The van der Waals surface area contributed by atoms with Gasteiger partial charge >= 0.3 is 0 Å². The van der Waals surface area contributed by atoms with Crippen LogP contribution >= 0.6 is 34.0 Å². The highest BCUT2D eigenvalue weighted by molar-refractivity contribution is 7.26. The summed E-state index contributed by atoms with van der Waals surface area (Å²) < 4.78 is 31.4. The van der Waals surface area contributed by atoms with Gasteiger partial charge in [0.1, 0.15) is 44.7 Å². The Balaban J connectivity index is 0.0000000986. The third-order valence-corrected chi connectivity index (χ3v) is 30.7. The van der Waals surface area contributed by atoms with Crippen LogP contribution in [0.1, 0.15) is 50.1 Å². The van der Waals surface area contributed by atoms with E-state index in [9.17, 15) is 0 Å². The SMILES string of the molecule is Cc1ccc(-c2cc(-c3ccccc3)cc(-c3ccccc3)c2)cc1.Cc1ccc(-c2ccc(-c3ccccc3)c(-c3ccccc3)c2)cc1.Cc1ccc2oc3ccccc3c2c1.Cc1ccc2sc3ccccc3c2c1.Cc1ccc2sc3ccccc3c2c1.Cc1cccc2c1oc1ccccc12.Cc1cccc2c1oc1ccccc12.Cc1cccc2c1sc1ccccc12.Cc1cccc2oc3ccccc3c12. The van der Waals surface area contributed by atoms with E-state index in [4.69, 9.17) is 17.7 Å². The fourth-order valence-electron chi connectivity index (χ4n) is 19.5. The van der Waals surface area contributed by atoms with Gasteiger partial charge in [-0.2, -0.15) is 0 Å². The van der Waals surface area contributed by atoms with Crippen LogP contribution in [0, 0.1) is 62.3 Å². The molecule has 29 aromatic rings. The standard InChI is InChI=1S/2C25H20.4C13H10O.3C13H10S/c1-19-12-14-22(15-13-19)25-17-23(20-8-4-2-5-9-20)16-24(18-25)21-10-6-3-7-11-21;1-19-12-14-20(15-13-19)23-16-17-24(21-8-4-2-5-9-21)25(18-23)22-10-6-3-7-11-22;2*1-9-5-4-7-11-10-6-2-3-8-12(10)14-13(9)11;1-9-5-4-8-12-13(9)10-6-2-3-7-11(10)14-12;1-9-6-7-13-11(8-9)10-4-2-3-5-12(10)14-13;1-9-5-4-7-11-10-6-2-3-8-12(10)14-13(9)11;2*1-9-6-7-13-11(8-9)10-4-2-3-5-12(10)14-13/h2*2-18H,1H3;7*2-8H,1H3. The Hall–Kier alpha value is -17.3. The predicted molar refractivity (Wildman–Crippen MR) is 641 cm³/mol. The predicted octanol–water partition coefficient (Wildman–Crippen LogP) is 42.7. The Kier molecular flexibility index (Phi) is 29.1. The van der Waals surface area contributed by atoms with Crippen LogP contribution < -0.4 is 0 Å². The lowest BCUT2D eigenvalue weighted by molar-refractivity contribution is 0.665. The number of thiophene rings is 3. The molecule has 0 amide bonds. The molecule has 7 heterocycles. The van der Waals surface area contributed by atoms with E-state index < -0.39 is 0 Å². The van der Waals surface area contributed by atoms with Crippen LogP contribution in [-0.4, -0.2) is 0 Å². The van der Waals surface area contributed by atoms with E-state index in [1.54, 1.807) is 0 Å². The van der Waals surface area contributed by atoms with Gasteiger partial charge in [-0.05, 0) is 261 Å². The molecule has 716 valence electrons. The third-order valence-electron chi connectivity index (χ3n) is 27.1. The molecule has 0 N–H and O–H groups in total. The first kappa shape index (κ1) is 96.8. The maximum absolute atomic E-state index is 5.78. The van der Waals surface area contributed by atoms with Gasteiger partial charge in [0, 0.05) is 104 Å². The molecular weight excluding hydrogens is 1850 g/mol. The summed E-state index contributed by atoms with van der Waals surface area (Å²) in [7, 11) is 0. The van der Waals surface area contributed by atoms with Gasteiger partial charge in [-0.1, -0.05) is 422 Å². The van der Waals surface area contributed by atoms with Crippen molar-refractivity contribution in [3.05, 3.63) is 554 Å². The lowest BCUT2D eigenvalue weighted by Crippen LogP contribution is -1.87. The molecule has 0 radical (unpaired) electrons. The van der Waals surface area contributed by atoms with E-state index in [0.29, 0.717) is 0 Å². The van der Waals surface area contributed by atoms with Crippen LogP contribution in [0.2, 0.25) is 0 Å². The van der Waals surface area contributed by atoms with Crippen molar-refractivity contribution in [1.29, 1.82) is 0 Å². The van der Waals surface area contributed by atoms with Crippen LogP contribution in [-0.2, 0) is 0 Å². The second-order valence-electron chi connectivity index (χ2n) is 37.7. The lowest BCUT2D eigenvalue weighted by atomic mass is 9.91. The molecule has 0 fully saturated rings. The summed E-state index contributed by atoms with van der Waals surface area (Å²) in [6, 6.07) is 177. The molecule has 0 aliphatic rings. The molecular formula is C141H110O4S3. The summed E-state index contributed by atoms with van der Waals surface area (Å²) >= 11 is 5.63. The fraction of sp³-hybridized carbons (Fsp3) is 0.0638. The van der Waals surface area contributed by atoms with Gasteiger partial charge in [0.15, 0.2) is 0 Å². The zero-order valence-corrected chi connectivity index (χ0v) is 86.7. The van der Waals surface area contributed by atoms with Crippen molar-refractivity contribution in [1.82, 2.24) is 0 Å². The summed E-state index contributed by atoms with van der Waals surface area (Å²) in [6.07, 6.45) is 0. The van der Waals surface area contributed by atoms with Gasteiger partial charge in [-0.25, -0.2) is 0 Å². The molecule has 0 aliphatic heterocycles. The Morgan fingerprint density at radius 3 is 0.919 bits per heavy atom. The van der Waals surface area contributed by atoms with E-state index in [-0.39, 0.29) is 0 Å². The van der Waals surface area contributed by atoms with Crippen LogP contribution in [0.3, 0.4) is 0 Å². The molecule has 0 saturated carbocycles. The number of benzene rings is 22. The van der Waals surface area contributed by atoms with Crippen molar-refractivity contribution < 1.29 is 17.7 Å². The molecule has 0 spiro atoms. The van der Waals surface area contributed by atoms with Crippen molar-refractivity contribution in [2.24, 2.45) is 0 Å². The highest BCUT2D eigenvalue weighted by atomic mass is 32.1. The Bertz CT molecular complexity index is 9060. The van der Waals surface area contributed by atoms with E-state index in [1.165, 1.54) is 220 Å². The number of fused-ring (bicyclic) bond motifs is 21. The molecule has 7 heteroatoms. The summed E-state index contributed by atoms with van der Waals surface area (Å²) in [5.74, 6) is 0. The molecule has 0 bridgehead atoms. The molecule has 0 atom stereocenters. The molecule has 0 saturated heterocycles. The summed E-state index contributed by atoms with van der Waals surface area (Å²) in [6.45, 7) is 19.1. The third kappa shape index (κ3) is 21.6. The van der Waals surface area contributed by atoms with Gasteiger partial charge in [0.2, 0.25) is 0 Å². The first-order valence-electron chi connectivity index (χ1n) is 50.3. The van der Waals surface area contributed by atoms with Gasteiger partial charge in [-0.15, -0.1) is 34.0 Å². The summed E-state index contributed by atoms with van der Waals surface area (Å²) in [4.78, 5) is 0. The van der Waals surface area contributed by atoms with Crippen molar-refractivity contribution in [2.75, 3.05) is 0 Å². The van der Waals surface area contributed by atoms with Crippen LogP contribution in [0.25, 0.3) is 215 Å². The number of hydrogen-bond donors (Lipinski definition) is 0. The average Bonchev–Trinajstić information content (AvgIpc) is 1.71. The molecule has 148 heavy (non-hydrogen) atoms. The monoisotopic (exact) mass is 1960 g/mol. The first-order chi connectivity index (χ1) is 72.6. The zero-order chi connectivity index (χ0) is 101. The Morgan fingerprint density at radius 2 is 0.439 bits per heavy atom. The van der Waals surface area contributed by atoms with Crippen molar-refractivity contribution in [2.45, 2.75) is 62.3 Å². The van der Waals surface area contributed by atoms with Gasteiger partial charge in [-0.3, -0.25) is 0 Å². The number of hydrogen-bond acceptors (Lipinski definition) is 7. The van der Waals surface area contributed by atoms with Crippen molar-refractivity contribution >= 4 is 182 Å². The summed E-state index contributed by atoms with van der Waals surface area (Å²) in [5, 5.41) is 18.0. The van der Waals surface area contributed by atoms with Crippen LogP contribution in [0.15, 0.2) is 521 Å². The normalized spacial score (nSPS) is 11.0. The quantitative estimate of drug-likeness (QED) is 0.166. The molecule has 0 aliphatic carbocycles. The molecule has 29 rings (SSSR count). The Labute approximate surface area is 875 Å². The molecule has 7 aromatic heterocycles. The number of rotatable bonds is 6.